The van der Waals surface area contributed by atoms with E-state index in [0.717, 1.165) is 5.56 Å². The summed E-state index contributed by atoms with van der Waals surface area (Å²) in [7, 11) is 2.93. The Morgan fingerprint density at radius 2 is 1.79 bits per heavy atom. The number of Topliss-reactive ketones (excluding diaryl/α,β-unsaturated/α-hetero) is 1. The van der Waals surface area contributed by atoms with Gasteiger partial charge in [-0.3, -0.25) is 14.4 Å². The number of benzene rings is 2. The van der Waals surface area contributed by atoms with E-state index in [-0.39, 0.29) is 18.3 Å². The SMILES string of the molecule is CCO[C@@H](Cc1ccc(OCC(=O)c2cccc(OC)c2)cc1)C(=O)NOC. The van der Waals surface area contributed by atoms with Crippen LogP contribution < -0.4 is 15.0 Å². The second-order valence-electron chi connectivity index (χ2n) is 5.91. The summed E-state index contributed by atoms with van der Waals surface area (Å²) >= 11 is 0. The van der Waals surface area contributed by atoms with E-state index in [1.165, 1.54) is 7.11 Å². The number of amides is 1. The van der Waals surface area contributed by atoms with E-state index in [2.05, 4.69) is 10.3 Å². The van der Waals surface area contributed by atoms with Gasteiger partial charge in [-0.1, -0.05) is 24.3 Å². The van der Waals surface area contributed by atoms with E-state index in [4.69, 9.17) is 14.2 Å². The van der Waals surface area contributed by atoms with Crippen LogP contribution >= 0.6 is 0 Å². The predicted molar refractivity (Wildman–Crippen MR) is 104 cm³/mol. The monoisotopic (exact) mass is 387 g/mol. The van der Waals surface area contributed by atoms with Crippen LogP contribution in [0.4, 0.5) is 0 Å². The van der Waals surface area contributed by atoms with E-state index in [1.807, 2.05) is 19.1 Å². The van der Waals surface area contributed by atoms with Crippen molar-refractivity contribution >= 4 is 11.7 Å². The van der Waals surface area contributed by atoms with Crippen LogP contribution in [0.3, 0.4) is 0 Å². The Bertz CT molecular complexity index is 775. The van der Waals surface area contributed by atoms with Crippen LogP contribution in [0.5, 0.6) is 11.5 Å². The molecular weight excluding hydrogens is 362 g/mol. The minimum atomic E-state index is -0.647. The summed E-state index contributed by atoms with van der Waals surface area (Å²) in [6.45, 7) is 2.16. The fourth-order valence-electron chi connectivity index (χ4n) is 2.56. The Kier molecular flexibility index (Phi) is 8.45. The first-order valence-electron chi connectivity index (χ1n) is 8.90. The van der Waals surface area contributed by atoms with Gasteiger partial charge in [-0.25, -0.2) is 5.48 Å². The van der Waals surface area contributed by atoms with Crippen LogP contribution in [0.15, 0.2) is 48.5 Å². The molecular formula is C21H25NO6. The van der Waals surface area contributed by atoms with Crippen LogP contribution in [0, 0.1) is 0 Å². The number of nitrogens with one attached hydrogen (secondary N) is 1. The lowest BCUT2D eigenvalue weighted by atomic mass is 10.1. The fourth-order valence-corrected chi connectivity index (χ4v) is 2.56. The van der Waals surface area contributed by atoms with Gasteiger partial charge in [0, 0.05) is 18.6 Å². The van der Waals surface area contributed by atoms with Crippen LogP contribution in [-0.4, -0.2) is 45.2 Å². The highest BCUT2D eigenvalue weighted by Crippen LogP contribution is 2.16. The van der Waals surface area contributed by atoms with Crippen molar-refractivity contribution in [1.82, 2.24) is 5.48 Å². The Labute approximate surface area is 164 Å². The van der Waals surface area contributed by atoms with Crippen molar-refractivity contribution in [2.45, 2.75) is 19.4 Å². The lowest BCUT2D eigenvalue weighted by Crippen LogP contribution is -2.37. The largest absolute Gasteiger partial charge is 0.497 e. The molecule has 1 N–H and O–H groups in total. The predicted octanol–water partition coefficient (Wildman–Crippen LogP) is 2.58. The molecule has 0 saturated carbocycles. The molecule has 0 saturated heterocycles. The third-order valence-electron chi connectivity index (χ3n) is 3.97. The molecule has 0 spiro atoms. The lowest BCUT2D eigenvalue weighted by Gasteiger charge is -2.16. The molecule has 2 aromatic rings. The molecule has 0 unspecified atom stereocenters. The van der Waals surface area contributed by atoms with Gasteiger partial charge < -0.3 is 14.2 Å². The molecule has 0 aliphatic heterocycles. The van der Waals surface area contributed by atoms with E-state index in [1.54, 1.807) is 43.5 Å². The molecule has 1 amide bonds. The summed E-state index contributed by atoms with van der Waals surface area (Å²) in [4.78, 5) is 28.8. The topological polar surface area (TPSA) is 83.1 Å². The molecule has 0 bridgehead atoms. The third kappa shape index (κ3) is 6.37. The van der Waals surface area contributed by atoms with Crippen molar-refractivity contribution < 1.29 is 28.6 Å². The Hall–Kier alpha value is -2.90. The summed E-state index contributed by atoms with van der Waals surface area (Å²) in [5.41, 5.74) is 3.71. The summed E-state index contributed by atoms with van der Waals surface area (Å²) in [5.74, 6) is 0.704. The molecule has 7 nitrogen and oxygen atoms in total. The van der Waals surface area contributed by atoms with Gasteiger partial charge in [0.15, 0.2) is 12.4 Å². The minimum absolute atomic E-state index is 0.0790. The van der Waals surface area contributed by atoms with E-state index < -0.39 is 6.10 Å². The van der Waals surface area contributed by atoms with Gasteiger partial charge >= 0.3 is 0 Å². The van der Waals surface area contributed by atoms with Crippen molar-refractivity contribution in [3.8, 4) is 11.5 Å². The van der Waals surface area contributed by atoms with E-state index >= 15 is 0 Å². The molecule has 0 aliphatic carbocycles. The van der Waals surface area contributed by atoms with E-state index in [9.17, 15) is 9.59 Å². The quantitative estimate of drug-likeness (QED) is 0.471. The number of carbonyl (C=O) groups is 2. The van der Waals surface area contributed by atoms with Gasteiger partial charge in [0.1, 0.15) is 17.6 Å². The van der Waals surface area contributed by atoms with Crippen molar-refractivity contribution in [2.24, 2.45) is 0 Å². The van der Waals surface area contributed by atoms with Gasteiger partial charge in [-0.2, -0.15) is 0 Å². The number of hydroxylamine groups is 1. The number of hydrogen-bond donors (Lipinski definition) is 1. The average molecular weight is 387 g/mol. The zero-order chi connectivity index (χ0) is 20.4. The maximum atomic E-state index is 12.3. The molecule has 150 valence electrons. The Morgan fingerprint density at radius 1 is 1.04 bits per heavy atom. The fraction of sp³-hybridized carbons (Fsp3) is 0.333. The highest BCUT2D eigenvalue weighted by molar-refractivity contribution is 5.97. The molecule has 2 rings (SSSR count). The minimum Gasteiger partial charge on any atom is -0.497 e. The summed E-state index contributed by atoms with van der Waals surface area (Å²) < 4.78 is 16.1. The van der Waals surface area contributed by atoms with Crippen molar-refractivity contribution in [3.05, 3.63) is 59.7 Å². The van der Waals surface area contributed by atoms with Crippen LogP contribution in [0.25, 0.3) is 0 Å². The van der Waals surface area contributed by atoms with Gasteiger partial charge in [-0.05, 0) is 36.8 Å². The van der Waals surface area contributed by atoms with Gasteiger partial charge in [0.05, 0.1) is 14.2 Å². The molecule has 28 heavy (non-hydrogen) atoms. The molecule has 0 aromatic heterocycles. The van der Waals surface area contributed by atoms with Crippen LogP contribution in [-0.2, 0) is 20.8 Å². The number of ether oxygens (including phenoxy) is 3. The first kappa shape index (κ1) is 21.4. The van der Waals surface area contributed by atoms with Gasteiger partial charge in [0.2, 0.25) is 0 Å². The van der Waals surface area contributed by atoms with Gasteiger partial charge in [0.25, 0.3) is 5.91 Å². The number of carbonyl (C=O) groups excluding carboxylic acids is 2. The maximum absolute atomic E-state index is 12.3. The number of hydrogen-bond acceptors (Lipinski definition) is 6. The third-order valence-corrected chi connectivity index (χ3v) is 3.97. The van der Waals surface area contributed by atoms with E-state index in [0.29, 0.717) is 30.1 Å². The number of rotatable bonds is 11. The zero-order valence-corrected chi connectivity index (χ0v) is 16.3. The maximum Gasteiger partial charge on any atom is 0.272 e. The highest BCUT2D eigenvalue weighted by atomic mass is 16.6. The molecule has 0 aliphatic rings. The highest BCUT2D eigenvalue weighted by Gasteiger charge is 2.19. The standard InChI is InChI=1S/C21H25NO6/c1-4-27-20(21(24)22-26-3)12-15-8-10-17(11-9-15)28-14-19(23)16-6-5-7-18(13-16)25-2/h5-11,13,20H,4,12,14H2,1-3H3,(H,22,24)/t20-/m0/s1. The summed E-state index contributed by atoms with van der Waals surface area (Å²) in [5, 5.41) is 0. The second-order valence-corrected chi connectivity index (χ2v) is 5.91. The first-order chi connectivity index (χ1) is 13.6. The average Bonchev–Trinajstić information content (AvgIpc) is 2.72. The zero-order valence-electron chi connectivity index (χ0n) is 16.3. The Morgan fingerprint density at radius 3 is 2.43 bits per heavy atom. The molecule has 0 fully saturated rings. The van der Waals surface area contributed by atoms with Crippen molar-refractivity contribution in [3.63, 3.8) is 0 Å². The van der Waals surface area contributed by atoms with Crippen molar-refractivity contribution in [2.75, 3.05) is 27.4 Å². The smallest absolute Gasteiger partial charge is 0.272 e. The van der Waals surface area contributed by atoms with Crippen LogP contribution in [0.1, 0.15) is 22.8 Å². The Balaban J connectivity index is 1.92. The molecule has 7 heteroatoms. The molecule has 0 radical (unpaired) electrons. The summed E-state index contributed by atoms with van der Waals surface area (Å²) in [6, 6.07) is 14.1. The second kappa shape index (κ2) is 11.1. The van der Waals surface area contributed by atoms with Crippen LogP contribution in [0.2, 0.25) is 0 Å². The number of ketones is 1. The molecule has 2 aromatic carbocycles. The first-order valence-corrected chi connectivity index (χ1v) is 8.90. The van der Waals surface area contributed by atoms with Gasteiger partial charge in [-0.15, -0.1) is 0 Å². The van der Waals surface area contributed by atoms with Crippen molar-refractivity contribution in [1.29, 1.82) is 0 Å². The molecule has 0 heterocycles. The number of methoxy groups -OCH3 is 1. The molecule has 1 atom stereocenters. The lowest BCUT2D eigenvalue weighted by molar-refractivity contribution is -0.143. The summed E-state index contributed by atoms with van der Waals surface area (Å²) in [6.07, 6.45) is -0.252. The normalized spacial score (nSPS) is 11.5.